The van der Waals surface area contributed by atoms with E-state index < -0.39 is 23.7 Å². The van der Waals surface area contributed by atoms with E-state index in [0.717, 1.165) is 18.2 Å². The molecule has 2 aromatic rings. The predicted molar refractivity (Wildman–Crippen MR) is 97.5 cm³/mol. The van der Waals surface area contributed by atoms with Gasteiger partial charge in [0.1, 0.15) is 23.5 Å². The molecule has 2 aromatic carbocycles. The van der Waals surface area contributed by atoms with Gasteiger partial charge < -0.3 is 4.74 Å². The second-order valence-electron chi connectivity index (χ2n) is 6.95. The largest absolute Gasteiger partial charge is 0.423 e. The van der Waals surface area contributed by atoms with Crippen LogP contribution in [0.3, 0.4) is 0 Å². The van der Waals surface area contributed by atoms with Gasteiger partial charge in [-0.3, -0.25) is 0 Å². The van der Waals surface area contributed by atoms with Crippen LogP contribution in [0, 0.1) is 28.9 Å². The van der Waals surface area contributed by atoms with Gasteiger partial charge in [-0.15, -0.1) is 0 Å². The van der Waals surface area contributed by atoms with Gasteiger partial charge in [0, 0.05) is 6.07 Å². The maximum Gasteiger partial charge on any atom is 0.346 e. The fourth-order valence-electron chi connectivity index (χ4n) is 3.56. The topological polar surface area (TPSA) is 50.1 Å². The molecule has 1 saturated carbocycles. The molecule has 0 aromatic heterocycles. The molecule has 0 spiro atoms. The lowest BCUT2D eigenvalue weighted by Gasteiger charge is -2.27. The summed E-state index contributed by atoms with van der Waals surface area (Å²) in [6.07, 6.45) is 1.80. The molecular weight excluding hydrogens is 386 g/mol. The Hall–Kier alpha value is -3.14. The molecule has 3 nitrogen and oxygen atoms in total. The van der Waals surface area contributed by atoms with Crippen molar-refractivity contribution in [3.05, 3.63) is 76.9 Å². The number of hydrogen-bond donors (Lipinski definition) is 0. The molecule has 7 heteroatoms. The molecule has 0 radical (unpaired) electrons. The number of nitrogens with zero attached hydrogens (tertiary/aromatic N) is 1. The minimum atomic E-state index is -1.68. The summed E-state index contributed by atoms with van der Waals surface area (Å²) in [7, 11) is 0. The summed E-state index contributed by atoms with van der Waals surface area (Å²) in [6.45, 7) is 0. The van der Waals surface area contributed by atoms with Crippen molar-refractivity contribution in [2.45, 2.75) is 31.6 Å². The Bertz CT molecular complexity index is 985. The van der Waals surface area contributed by atoms with Crippen LogP contribution in [0.1, 0.15) is 53.1 Å². The number of nitriles is 1. The third-order valence-corrected chi connectivity index (χ3v) is 5.09. The second-order valence-corrected chi connectivity index (χ2v) is 6.95. The molecule has 0 bridgehead atoms. The molecule has 0 N–H and O–H groups in total. The summed E-state index contributed by atoms with van der Waals surface area (Å²) < 4.78 is 57.8. The predicted octanol–water partition coefficient (Wildman–Crippen LogP) is 6.11. The molecule has 29 heavy (non-hydrogen) atoms. The van der Waals surface area contributed by atoms with E-state index >= 15 is 0 Å². The first-order valence-electron chi connectivity index (χ1n) is 9.11. The van der Waals surface area contributed by atoms with Crippen LogP contribution >= 0.6 is 0 Å². The number of hydrogen-bond acceptors (Lipinski definition) is 3. The maximum atomic E-state index is 14.5. The Labute approximate surface area is 165 Å². The monoisotopic (exact) mass is 403 g/mol. The normalized spacial score (nSPS) is 18.6. The third kappa shape index (κ3) is 5.02. The van der Waals surface area contributed by atoms with Gasteiger partial charge in [0.15, 0.2) is 0 Å². The quantitative estimate of drug-likeness (QED) is 0.352. The fraction of sp³-hybridized carbons (Fsp3) is 0.273. The molecule has 1 fully saturated rings. The molecule has 0 heterocycles. The van der Waals surface area contributed by atoms with Crippen LogP contribution < -0.4 is 4.74 Å². The summed E-state index contributed by atoms with van der Waals surface area (Å²) >= 11 is 0. The lowest BCUT2D eigenvalue weighted by Crippen LogP contribution is -2.14. The standard InChI is InChI=1S/C22H17F4NO2/c23-19-11-17(7-5-16(19)12-27)29-22(28)18-8-6-15(10-20(18)24)14-3-1-13(2-4-14)9-21(25)26/h5-11,13-14H,1-4H2. The minimum absolute atomic E-state index is 0.0366. The average molecular weight is 403 g/mol. The van der Waals surface area contributed by atoms with Gasteiger partial charge in [0.05, 0.1) is 11.1 Å². The third-order valence-electron chi connectivity index (χ3n) is 5.09. The van der Waals surface area contributed by atoms with Gasteiger partial charge in [0.2, 0.25) is 0 Å². The van der Waals surface area contributed by atoms with Crippen molar-refractivity contribution in [3.63, 3.8) is 0 Å². The summed E-state index contributed by atoms with van der Waals surface area (Å²) in [4.78, 5) is 12.2. The number of benzene rings is 2. The number of carbonyl (C=O) groups is 1. The van der Waals surface area contributed by atoms with Crippen LogP contribution in [0.4, 0.5) is 17.6 Å². The Morgan fingerprint density at radius 2 is 1.76 bits per heavy atom. The smallest absolute Gasteiger partial charge is 0.346 e. The SMILES string of the molecule is N#Cc1ccc(OC(=O)c2ccc(C3CCC(C=C(F)F)CC3)cc2F)cc1F. The van der Waals surface area contributed by atoms with Gasteiger partial charge >= 0.3 is 5.97 Å². The molecule has 3 rings (SSSR count). The Morgan fingerprint density at radius 3 is 2.34 bits per heavy atom. The maximum absolute atomic E-state index is 14.5. The highest BCUT2D eigenvalue weighted by Crippen LogP contribution is 2.37. The average Bonchev–Trinajstić information content (AvgIpc) is 2.68. The van der Waals surface area contributed by atoms with Crippen molar-refractivity contribution < 1.29 is 27.1 Å². The first-order chi connectivity index (χ1) is 13.9. The molecular formula is C22H17F4NO2. The van der Waals surface area contributed by atoms with E-state index in [1.54, 1.807) is 12.1 Å². The van der Waals surface area contributed by atoms with E-state index in [-0.39, 0.29) is 28.7 Å². The summed E-state index contributed by atoms with van der Waals surface area (Å²) in [5.74, 6) is -2.85. The van der Waals surface area contributed by atoms with E-state index in [2.05, 4.69) is 0 Å². The van der Waals surface area contributed by atoms with Crippen molar-refractivity contribution >= 4 is 5.97 Å². The zero-order chi connectivity index (χ0) is 21.0. The van der Waals surface area contributed by atoms with E-state index in [9.17, 15) is 22.4 Å². The van der Waals surface area contributed by atoms with Crippen LogP contribution in [0.25, 0.3) is 0 Å². The van der Waals surface area contributed by atoms with Gasteiger partial charge in [-0.1, -0.05) is 6.07 Å². The Balaban J connectivity index is 1.68. The van der Waals surface area contributed by atoms with Gasteiger partial charge in [-0.2, -0.15) is 14.0 Å². The first-order valence-corrected chi connectivity index (χ1v) is 9.11. The van der Waals surface area contributed by atoms with Crippen molar-refractivity contribution in [2.75, 3.05) is 0 Å². The summed E-state index contributed by atoms with van der Waals surface area (Å²) in [6, 6.07) is 9.13. The van der Waals surface area contributed by atoms with Crippen LogP contribution in [0.5, 0.6) is 5.75 Å². The van der Waals surface area contributed by atoms with E-state index in [1.807, 2.05) is 0 Å². The molecule has 0 atom stereocenters. The minimum Gasteiger partial charge on any atom is -0.423 e. The van der Waals surface area contributed by atoms with Crippen LogP contribution in [-0.2, 0) is 0 Å². The molecule has 150 valence electrons. The molecule has 0 saturated heterocycles. The summed E-state index contributed by atoms with van der Waals surface area (Å²) in [5, 5.41) is 8.71. The zero-order valence-electron chi connectivity index (χ0n) is 15.3. The van der Waals surface area contributed by atoms with Crippen molar-refractivity contribution in [2.24, 2.45) is 5.92 Å². The van der Waals surface area contributed by atoms with Gasteiger partial charge in [0.25, 0.3) is 6.08 Å². The van der Waals surface area contributed by atoms with Crippen LogP contribution in [0.2, 0.25) is 0 Å². The van der Waals surface area contributed by atoms with Gasteiger partial charge in [-0.25, -0.2) is 13.6 Å². The Morgan fingerprint density at radius 1 is 1.03 bits per heavy atom. The molecule has 1 aliphatic carbocycles. The van der Waals surface area contributed by atoms with Crippen LogP contribution in [0.15, 0.2) is 48.6 Å². The van der Waals surface area contributed by atoms with E-state index in [0.29, 0.717) is 31.2 Å². The summed E-state index contributed by atoms with van der Waals surface area (Å²) in [5.41, 5.74) is 0.209. The lowest BCUT2D eigenvalue weighted by atomic mass is 9.78. The van der Waals surface area contributed by atoms with Crippen molar-refractivity contribution in [3.8, 4) is 11.8 Å². The number of allylic oxidation sites excluding steroid dienone is 1. The first kappa shape index (κ1) is 20.6. The Kier molecular flexibility index (Phi) is 6.32. The number of halogens is 4. The number of esters is 1. The van der Waals surface area contributed by atoms with E-state index in [4.69, 9.17) is 10.00 Å². The molecule has 1 aliphatic rings. The molecule has 0 amide bonds. The number of rotatable bonds is 4. The zero-order valence-corrected chi connectivity index (χ0v) is 15.3. The number of ether oxygens (including phenoxy) is 1. The highest BCUT2D eigenvalue weighted by molar-refractivity contribution is 5.91. The fourth-order valence-corrected chi connectivity index (χ4v) is 3.56. The van der Waals surface area contributed by atoms with Crippen molar-refractivity contribution in [1.82, 2.24) is 0 Å². The molecule has 0 unspecified atom stereocenters. The highest BCUT2D eigenvalue weighted by atomic mass is 19.3. The van der Waals surface area contributed by atoms with Crippen molar-refractivity contribution in [1.29, 1.82) is 5.26 Å². The molecule has 0 aliphatic heterocycles. The second kappa shape index (κ2) is 8.91. The number of carbonyl (C=O) groups excluding carboxylic acids is 1. The van der Waals surface area contributed by atoms with Crippen LogP contribution in [-0.4, -0.2) is 5.97 Å². The highest BCUT2D eigenvalue weighted by Gasteiger charge is 2.24. The lowest BCUT2D eigenvalue weighted by molar-refractivity contribution is 0.0729. The van der Waals surface area contributed by atoms with E-state index in [1.165, 1.54) is 18.2 Å². The van der Waals surface area contributed by atoms with Gasteiger partial charge in [-0.05, 0) is 73.4 Å².